The maximum Gasteiger partial charge on any atom is 0.220 e. The topological polar surface area (TPSA) is 116 Å². The van der Waals surface area contributed by atoms with Crippen molar-refractivity contribution in [1.29, 1.82) is 0 Å². The molecule has 0 aromatic carbocycles. The molecule has 74 valence electrons. The monoisotopic (exact) mass is 197 g/mol. The summed E-state index contributed by atoms with van der Waals surface area (Å²) < 4.78 is 20.1. The van der Waals surface area contributed by atoms with E-state index < -0.39 is 11.4 Å². The first-order valence-corrected chi connectivity index (χ1v) is 4.14. The van der Waals surface area contributed by atoms with Crippen molar-refractivity contribution < 1.29 is 23.1 Å². The standard InChI is InChI=1S/C5H11NO.H2O4S/c1-3-4(2)5(6)7;1-4-5(2)3/h4H,3H2,1-2H3,(H2,6,7);1H,(H,2,3)/p-2. The SMILES string of the molecule is CCC(C)C(N)=O.O=S([O-])O[O-]. The highest BCUT2D eigenvalue weighted by atomic mass is 32.2. The van der Waals surface area contributed by atoms with E-state index in [-0.39, 0.29) is 11.8 Å². The summed E-state index contributed by atoms with van der Waals surface area (Å²) in [6.07, 6.45) is 0.843. The molecule has 12 heavy (non-hydrogen) atoms. The number of carbonyl (C=O) groups excluding carboxylic acids is 1. The molecule has 6 nitrogen and oxygen atoms in total. The zero-order valence-electron chi connectivity index (χ0n) is 6.81. The third-order valence-corrected chi connectivity index (χ3v) is 1.26. The predicted octanol–water partition coefficient (Wildman–Crippen LogP) is -1.41. The number of primary amides is 1. The van der Waals surface area contributed by atoms with Crippen LogP contribution in [-0.2, 0) is 20.5 Å². The Labute approximate surface area is 73.1 Å². The van der Waals surface area contributed by atoms with Crippen LogP contribution in [0.3, 0.4) is 0 Å². The summed E-state index contributed by atoms with van der Waals surface area (Å²) >= 11 is -2.88. The summed E-state index contributed by atoms with van der Waals surface area (Å²) in [7, 11) is 0. The minimum Gasteiger partial charge on any atom is -0.750 e. The molecule has 0 rings (SSSR count). The lowest BCUT2D eigenvalue weighted by Crippen LogP contribution is -2.19. The van der Waals surface area contributed by atoms with Gasteiger partial charge in [-0.05, 0) is 6.42 Å². The predicted molar refractivity (Wildman–Crippen MR) is 38.7 cm³/mol. The van der Waals surface area contributed by atoms with Gasteiger partial charge in [0.1, 0.15) is 0 Å². The number of rotatable bonds is 3. The third-order valence-electron chi connectivity index (χ3n) is 1.15. The van der Waals surface area contributed by atoms with Crippen LogP contribution in [0.15, 0.2) is 0 Å². The minimum atomic E-state index is -2.88. The van der Waals surface area contributed by atoms with Crippen LogP contribution < -0.4 is 11.0 Å². The van der Waals surface area contributed by atoms with Crippen LogP contribution in [0, 0.1) is 5.92 Å². The molecule has 0 saturated heterocycles. The van der Waals surface area contributed by atoms with E-state index in [1.807, 2.05) is 13.8 Å². The molecule has 0 heterocycles. The Morgan fingerprint density at radius 1 is 1.75 bits per heavy atom. The van der Waals surface area contributed by atoms with Crippen LogP contribution in [0.4, 0.5) is 0 Å². The van der Waals surface area contributed by atoms with Crippen LogP contribution in [0.25, 0.3) is 0 Å². The summed E-state index contributed by atoms with van der Waals surface area (Å²) in [5, 5.41) is 8.52. The molecule has 0 aliphatic heterocycles. The average molecular weight is 197 g/mol. The molecule has 0 aliphatic carbocycles. The molecule has 2 atom stereocenters. The van der Waals surface area contributed by atoms with Crippen LogP contribution in [0.5, 0.6) is 0 Å². The van der Waals surface area contributed by atoms with Crippen molar-refractivity contribution in [2.24, 2.45) is 11.7 Å². The Bertz CT molecular complexity index is 151. The molecule has 0 aliphatic rings. The van der Waals surface area contributed by atoms with Crippen molar-refractivity contribution in [2.45, 2.75) is 20.3 Å². The summed E-state index contributed by atoms with van der Waals surface area (Å²) in [5.41, 5.74) is 4.91. The molecule has 0 aromatic rings. The Balaban J connectivity index is 0. The number of hydrogen-bond acceptors (Lipinski definition) is 5. The zero-order valence-corrected chi connectivity index (χ0v) is 7.63. The fourth-order valence-corrected chi connectivity index (χ4v) is 0.201. The van der Waals surface area contributed by atoms with Gasteiger partial charge in [-0.3, -0.25) is 4.79 Å². The summed E-state index contributed by atoms with van der Waals surface area (Å²) in [5.74, 6) is -0.164. The van der Waals surface area contributed by atoms with E-state index in [9.17, 15) is 4.79 Å². The van der Waals surface area contributed by atoms with E-state index in [0.717, 1.165) is 6.42 Å². The Morgan fingerprint density at radius 2 is 2.08 bits per heavy atom. The van der Waals surface area contributed by atoms with Crippen molar-refractivity contribution in [3.05, 3.63) is 0 Å². The fourth-order valence-electron chi connectivity index (χ4n) is 0.201. The maximum atomic E-state index is 10.2. The first kappa shape index (κ1) is 14.0. The van der Waals surface area contributed by atoms with Crippen LogP contribution in [-0.4, -0.2) is 14.7 Å². The van der Waals surface area contributed by atoms with Gasteiger partial charge in [-0.15, -0.1) is 0 Å². The largest absolute Gasteiger partial charge is 0.750 e. The number of hydrogen-bond donors (Lipinski definition) is 1. The van der Waals surface area contributed by atoms with E-state index in [0.29, 0.717) is 0 Å². The van der Waals surface area contributed by atoms with Crippen molar-refractivity contribution >= 4 is 17.3 Å². The second kappa shape index (κ2) is 8.60. The lowest BCUT2D eigenvalue weighted by atomic mass is 10.1. The minimum absolute atomic E-state index is 0.0417. The molecule has 0 spiro atoms. The highest BCUT2D eigenvalue weighted by molar-refractivity contribution is 7.73. The van der Waals surface area contributed by atoms with Crippen LogP contribution in [0.2, 0.25) is 0 Å². The van der Waals surface area contributed by atoms with E-state index in [4.69, 9.17) is 19.8 Å². The van der Waals surface area contributed by atoms with Gasteiger partial charge in [-0.2, -0.15) is 0 Å². The number of carbonyl (C=O) groups is 1. The molecule has 2 unspecified atom stereocenters. The molecule has 0 radical (unpaired) electrons. The quantitative estimate of drug-likeness (QED) is 0.339. The molecular formula is C5H11NO5S-2. The summed E-state index contributed by atoms with van der Waals surface area (Å²) in [6, 6.07) is 0. The Hall–Kier alpha value is -0.500. The second-order valence-corrected chi connectivity index (χ2v) is 2.53. The molecule has 0 fully saturated rings. The normalized spacial score (nSPS) is 14.0. The molecule has 1 amide bonds. The van der Waals surface area contributed by atoms with Crippen molar-refractivity contribution in [3.8, 4) is 0 Å². The summed E-state index contributed by atoms with van der Waals surface area (Å²) in [6.45, 7) is 3.76. The zero-order chi connectivity index (χ0) is 10.1. The molecule has 0 bridgehead atoms. The fraction of sp³-hybridized carbons (Fsp3) is 0.800. The van der Waals surface area contributed by atoms with Crippen molar-refractivity contribution in [2.75, 3.05) is 0 Å². The number of nitrogens with two attached hydrogens (primary N) is 1. The van der Waals surface area contributed by atoms with Crippen molar-refractivity contribution in [3.63, 3.8) is 0 Å². The Kier molecular flexibility index (Phi) is 10.1. The molecule has 0 saturated carbocycles. The lowest BCUT2D eigenvalue weighted by Gasteiger charge is -2.05. The van der Waals surface area contributed by atoms with Crippen molar-refractivity contribution in [1.82, 2.24) is 0 Å². The van der Waals surface area contributed by atoms with Crippen LogP contribution >= 0.6 is 0 Å². The Morgan fingerprint density at radius 3 is 2.08 bits per heavy atom. The van der Waals surface area contributed by atoms with Gasteiger partial charge in [0, 0.05) is 5.92 Å². The van der Waals surface area contributed by atoms with E-state index >= 15 is 0 Å². The van der Waals surface area contributed by atoms with E-state index in [2.05, 4.69) is 4.33 Å². The van der Waals surface area contributed by atoms with Gasteiger partial charge in [-0.1, -0.05) is 13.8 Å². The van der Waals surface area contributed by atoms with E-state index in [1.165, 1.54) is 0 Å². The molecule has 7 heteroatoms. The van der Waals surface area contributed by atoms with Gasteiger partial charge < -0.3 is 19.9 Å². The van der Waals surface area contributed by atoms with Gasteiger partial charge >= 0.3 is 0 Å². The smallest absolute Gasteiger partial charge is 0.220 e. The molecule has 2 N–H and O–H groups in total. The van der Waals surface area contributed by atoms with Gasteiger partial charge in [0.15, 0.2) is 0 Å². The van der Waals surface area contributed by atoms with Gasteiger partial charge in [0.25, 0.3) is 0 Å². The highest BCUT2D eigenvalue weighted by Gasteiger charge is 2.02. The first-order valence-electron chi connectivity index (χ1n) is 3.14. The van der Waals surface area contributed by atoms with Gasteiger partial charge in [0.05, 0.1) is 11.4 Å². The third kappa shape index (κ3) is 12.2. The second-order valence-electron chi connectivity index (χ2n) is 1.98. The van der Waals surface area contributed by atoms with Gasteiger partial charge in [0.2, 0.25) is 5.91 Å². The highest BCUT2D eigenvalue weighted by Crippen LogP contribution is 1.96. The number of amides is 1. The first-order chi connectivity index (χ1) is 5.45. The lowest BCUT2D eigenvalue weighted by molar-refractivity contribution is -0.635. The maximum absolute atomic E-state index is 10.2. The van der Waals surface area contributed by atoms with Crippen LogP contribution in [0.1, 0.15) is 20.3 Å². The van der Waals surface area contributed by atoms with Gasteiger partial charge in [-0.25, -0.2) is 4.21 Å². The molecule has 0 aromatic heterocycles. The van der Waals surface area contributed by atoms with E-state index in [1.54, 1.807) is 0 Å². The summed E-state index contributed by atoms with van der Waals surface area (Å²) in [4.78, 5) is 10.2. The average Bonchev–Trinajstić information content (AvgIpc) is 2.04. The molecular weight excluding hydrogens is 186 g/mol.